The van der Waals surface area contributed by atoms with Crippen LogP contribution in [0.15, 0.2) is 24.3 Å². The number of aryl methyl sites for hydroxylation is 1. The Hall–Kier alpha value is -1.98. The van der Waals surface area contributed by atoms with Crippen LogP contribution in [-0.4, -0.2) is 28.0 Å². The van der Waals surface area contributed by atoms with Crippen molar-refractivity contribution in [2.45, 2.75) is 44.6 Å². The number of aromatic nitrogens is 1. The third-order valence-corrected chi connectivity index (χ3v) is 5.90. The number of benzene rings is 1. The molecule has 1 aliphatic carbocycles. The number of carboxylic acids is 1. The molecular weight excluding hydrogens is 375 g/mol. The largest absolute Gasteiger partial charge is 0.478 e. The van der Waals surface area contributed by atoms with Gasteiger partial charge in [-0.1, -0.05) is 35.3 Å². The first-order chi connectivity index (χ1) is 12.4. The Morgan fingerprint density at radius 1 is 1.15 bits per heavy atom. The Morgan fingerprint density at radius 2 is 1.85 bits per heavy atom. The summed E-state index contributed by atoms with van der Waals surface area (Å²) in [6, 6.07) is 7.17. The van der Waals surface area contributed by atoms with E-state index in [0.29, 0.717) is 27.9 Å². The molecule has 0 bridgehead atoms. The molecule has 26 heavy (non-hydrogen) atoms. The second kappa shape index (κ2) is 7.72. The number of nitrogens with one attached hydrogen (secondary N) is 2. The first-order valence-corrected chi connectivity index (χ1v) is 9.30. The number of rotatable bonds is 4. The van der Waals surface area contributed by atoms with Gasteiger partial charge in [0.05, 0.1) is 15.6 Å². The molecule has 0 atom stereocenters. The van der Waals surface area contributed by atoms with E-state index in [9.17, 15) is 9.59 Å². The van der Waals surface area contributed by atoms with Crippen LogP contribution in [0.4, 0.5) is 0 Å². The average molecular weight is 395 g/mol. The number of carbonyl (C=O) groups excluding carboxylic acids is 1. The van der Waals surface area contributed by atoms with E-state index in [1.807, 2.05) is 6.07 Å². The second-order valence-electron chi connectivity index (χ2n) is 6.71. The van der Waals surface area contributed by atoms with Gasteiger partial charge in [0.25, 0.3) is 5.91 Å². The number of amides is 1. The number of aromatic amines is 1. The molecule has 5 nitrogen and oxygen atoms in total. The summed E-state index contributed by atoms with van der Waals surface area (Å²) in [6.07, 6.45) is 3.45. The van der Waals surface area contributed by atoms with E-state index in [1.165, 1.54) is 0 Å². The normalized spacial score (nSPS) is 20.0. The van der Waals surface area contributed by atoms with Gasteiger partial charge in [0.2, 0.25) is 0 Å². The minimum absolute atomic E-state index is 0.0693. The lowest BCUT2D eigenvalue weighted by Crippen LogP contribution is -2.37. The van der Waals surface area contributed by atoms with Crippen LogP contribution in [0.3, 0.4) is 0 Å². The van der Waals surface area contributed by atoms with E-state index >= 15 is 0 Å². The van der Waals surface area contributed by atoms with E-state index in [0.717, 1.165) is 31.2 Å². The van der Waals surface area contributed by atoms with Crippen LogP contribution in [0.25, 0.3) is 0 Å². The second-order valence-corrected chi connectivity index (χ2v) is 7.46. The fraction of sp³-hybridized carbons (Fsp3) is 0.368. The first-order valence-electron chi connectivity index (χ1n) is 8.54. The molecule has 0 aliphatic heterocycles. The van der Waals surface area contributed by atoms with Crippen molar-refractivity contribution in [1.29, 1.82) is 0 Å². The van der Waals surface area contributed by atoms with Gasteiger partial charge in [0.1, 0.15) is 5.69 Å². The van der Waals surface area contributed by atoms with E-state index in [2.05, 4.69) is 10.3 Å². The van der Waals surface area contributed by atoms with Crippen molar-refractivity contribution >= 4 is 35.1 Å². The Bertz CT molecular complexity index is 839. The molecule has 1 fully saturated rings. The Kier molecular flexibility index (Phi) is 5.58. The summed E-state index contributed by atoms with van der Waals surface area (Å²) < 4.78 is 0. The summed E-state index contributed by atoms with van der Waals surface area (Å²) in [5.74, 6) is -0.848. The maximum absolute atomic E-state index is 12.4. The lowest BCUT2D eigenvalue weighted by atomic mass is 9.81. The highest BCUT2D eigenvalue weighted by Gasteiger charge is 2.26. The maximum atomic E-state index is 12.4. The van der Waals surface area contributed by atoms with Gasteiger partial charge in [-0.3, -0.25) is 4.79 Å². The minimum atomic E-state index is -0.912. The smallest absolute Gasteiger partial charge is 0.335 e. The number of halogens is 2. The molecule has 0 spiro atoms. The molecule has 3 rings (SSSR count). The zero-order valence-electron chi connectivity index (χ0n) is 14.3. The monoisotopic (exact) mass is 394 g/mol. The van der Waals surface area contributed by atoms with Gasteiger partial charge >= 0.3 is 5.97 Å². The fourth-order valence-electron chi connectivity index (χ4n) is 3.48. The van der Waals surface area contributed by atoms with E-state index in [-0.39, 0.29) is 17.0 Å². The molecular formula is C19H20Cl2N2O3. The molecule has 138 valence electrons. The zero-order valence-corrected chi connectivity index (χ0v) is 15.8. The van der Waals surface area contributed by atoms with Gasteiger partial charge in [-0.25, -0.2) is 4.79 Å². The summed E-state index contributed by atoms with van der Waals surface area (Å²) in [4.78, 5) is 26.5. The summed E-state index contributed by atoms with van der Waals surface area (Å²) in [7, 11) is 0. The van der Waals surface area contributed by atoms with Crippen molar-refractivity contribution in [2.75, 3.05) is 0 Å². The van der Waals surface area contributed by atoms with Crippen LogP contribution >= 0.6 is 23.2 Å². The standard InChI is InChI=1S/C19H20Cl2N2O3/c1-10-15(20)16(21)17(22-10)18(24)23-14-7-5-11(6-8-14)12-3-2-4-13(9-12)19(25)26/h2-4,9,11,14,22H,5-8H2,1H3,(H,23,24)(H,25,26). The number of carbonyl (C=O) groups is 2. The van der Waals surface area contributed by atoms with Crippen molar-refractivity contribution in [3.8, 4) is 0 Å². The van der Waals surface area contributed by atoms with Gasteiger partial charge in [0, 0.05) is 11.7 Å². The van der Waals surface area contributed by atoms with Crippen molar-refractivity contribution < 1.29 is 14.7 Å². The van der Waals surface area contributed by atoms with Crippen LogP contribution in [-0.2, 0) is 0 Å². The van der Waals surface area contributed by atoms with Crippen molar-refractivity contribution in [1.82, 2.24) is 10.3 Å². The SMILES string of the molecule is Cc1[nH]c(C(=O)NC2CCC(c3cccc(C(=O)O)c3)CC2)c(Cl)c1Cl. The number of H-pyrrole nitrogens is 1. The Morgan fingerprint density at radius 3 is 2.42 bits per heavy atom. The molecule has 0 saturated heterocycles. The quantitative estimate of drug-likeness (QED) is 0.697. The Labute approximate surface area is 161 Å². The van der Waals surface area contributed by atoms with Gasteiger partial charge in [0.15, 0.2) is 0 Å². The zero-order chi connectivity index (χ0) is 18.8. The number of carboxylic acid groups (broad SMARTS) is 1. The van der Waals surface area contributed by atoms with E-state index in [1.54, 1.807) is 25.1 Å². The molecule has 1 saturated carbocycles. The van der Waals surface area contributed by atoms with Crippen LogP contribution in [0, 0.1) is 6.92 Å². The van der Waals surface area contributed by atoms with Gasteiger partial charge in [-0.05, 0) is 56.2 Å². The van der Waals surface area contributed by atoms with Crippen molar-refractivity contribution in [3.63, 3.8) is 0 Å². The van der Waals surface area contributed by atoms with E-state index in [4.69, 9.17) is 28.3 Å². The minimum Gasteiger partial charge on any atom is -0.478 e. The summed E-state index contributed by atoms with van der Waals surface area (Å²) in [6.45, 7) is 1.77. The first kappa shape index (κ1) is 18.8. The van der Waals surface area contributed by atoms with Crippen LogP contribution in [0.2, 0.25) is 10.0 Å². The van der Waals surface area contributed by atoms with Gasteiger partial charge in [-0.15, -0.1) is 0 Å². The number of aromatic carboxylic acids is 1. The number of hydrogen-bond acceptors (Lipinski definition) is 2. The lowest BCUT2D eigenvalue weighted by Gasteiger charge is -2.29. The highest BCUT2D eigenvalue weighted by Crippen LogP contribution is 2.34. The summed E-state index contributed by atoms with van der Waals surface area (Å²) in [5.41, 5.74) is 2.32. The highest BCUT2D eigenvalue weighted by molar-refractivity contribution is 6.44. The molecule has 1 aromatic carbocycles. The molecule has 2 aromatic rings. The predicted molar refractivity (Wildman–Crippen MR) is 101 cm³/mol. The summed E-state index contributed by atoms with van der Waals surface area (Å²) in [5, 5.41) is 12.8. The van der Waals surface area contributed by atoms with Crippen LogP contribution in [0.1, 0.15) is 63.7 Å². The topological polar surface area (TPSA) is 82.2 Å². The molecule has 3 N–H and O–H groups in total. The fourth-order valence-corrected chi connectivity index (χ4v) is 3.90. The van der Waals surface area contributed by atoms with Crippen LogP contribution in [0.5, 0.6) is 0 Å². The van der Waals surface area contributed by atoms with Crippen molar-refractivity contribution in [2.24, 2.45) is 0 Å². The molecule has 0 unspecified atom stereocenters. The molecule has 1 amide bonds. The van der Waals surface area contributed by atoms with Crippen LogP contribution < -0.4 is 5.32 Å². The van der Waals surface area contributed by atoms with Gasteiger partial charge in [-0.2, -0.15) is 0 Å². The molecule has 1 aliphatic rings. The molecule has 1 heterocycles. The third kappa shape index (κ3) is 3.89. The Balaban J connectivity index is 1.60. The third-order valence-electron chi connectivity index (χ3n) is 4.95. The summed E-state index contributed by atoms with van der Waals surface area (Å²) >= 11 is 12.1. The average Bonchev–Trinajstić information content (AvgIpc) is 2.90. The highest BCUT2D eigenvalue weighted by atomic mass is 35.5. The van der Waals surface area contributed by atoms with E-state index < -0.39 is 5.97 Å². The molecule has 1 aromatic heterocycles. The predicted octanol–water partition coefficient (Wildman–Crippen LogP) is 4.78. The number of hydrogen-bond donors (Lipinski definition) is 3. The van der Waals surface area contributed by atoms with Gasteiger partial charge < -0.3 is 15.4 Å². The lowest BCUT2D eigenvalue weighted by molar-refractivity contribution is 0.0696. The molecule has 0 radical (unpaired) electrons. The van der Waals surface area contributed by atoms with Crippen molar-refractivity contribution in [3.05, 3.63) is 56.8 Å². The molecule has 7 heteroatoms. The maximum Gasteiger partial charge on any atom is 0.335 e.